The van der Waals surface area contributed by atoms with Crippen molar-refractivity contribution < 1.29 is 4.79 Å². The minimum absolute atomic E-state index is 0.399. The van der Waals surface area contributed by atoms with Gasteiger partial charge in [0.15, 0.2) is 0 Å². The van der Waals surface area contributed by atoms with Crippen LogP contribution in [0.5, 0.6) is 0 Å². The first-order valence-electron chi connectivity index (χ1n) is 7.16. The first kappa shape index (κ1) is 15.4. The van der Waals surface area contributed by atoms with Gasteiger partial charge in [-0.3, -0.25) is 4.79 Å². The second kappa shape index (κ2) is 6.53. The molecule has 0 saturated heterocycles. The molecule has 1 rings (SSSR count). The van der Waals surface area contributed by atoms with E-state index in [0.29, 0.717) is 6.42 Å². The Hall–Kier alpha value is -0.610. The van der Waals surface area contributed by atoms with Crippen molar-refractivity contribution in [3.05, 3.63) is 0 Å². The zero-order valence-corrected chi connectivity index (χ0v) is 12.1. The number of hydrogen-bond donors (Lipinski definition) is 2. The van der Waals surface area contributed by atoms with Crippen LogP contribution in [0.2, 0.25) is 0 Å². The van der Waals surface area contributed by atoms with E-state index in [4.69, 9.17) is 11.5 Å². The molecule has 1 saturated carbocycles. The molecule has 0 spiro atoms. The average molecular weight is 255 g/mol. The zero-order chi connectivity index (χ0) is 13.8. The molecule has 0 heterocycles. The van der Waals surface area contributed by atoms with Gasteiger partial charge in [-0.25, -0.2) is 0 Å². The number of primary amides is 1. The largest absolute Gasteiger partial charge is 0.368 e. The van der Waals surface area contributed by atoms with Crippen molar-refractivity contribution in [2.75, 3.05) is 13.1 Å². The Balaban J connectivity index is 2.21. The summed E-state index contributed by atoms with van der Waals surface area (Å²) >= 11 is 0. The molecule has 1 fully saturated rings. The van der Waals surface area contributed by atoms with Gasteiger partial charge in [0.1, 0.15) is 0 Å². The van der Waals surface area contributed by atoms with Gasteiger partial charge < -0.3 is 16.4 Å². The zero-order valence-electron chi connectivity index (χ0n) is 12.1. The van der Waals surface area contributed by atoms with Crippen LogP contribution in [0.15, 0.2) is 0 Å². The molecule has 0 aromatic rings. The molecule has 0 aliphatic heterocycles. The second-order valence-corrected chi connectivity index (χ2v) is 6.36. The molecule has 1 unspecified atom stereocenters. The van der Waals surface area contributed by atoms with Crippen LogP contribution in [-0.4, -0.2) is 35.5 Å². The summed E-state index contributed by atoms with van der Waals surface area (Å²) in [6.07, 6.45) is 5.45. The third kappa shape index (κ3) is 5.36. The summed E-state index contributed by atoms with van der Waals surface area (Å²) in [5.41, 5.74) is 10.3. The molecule has 106 valence electrons. The van der Waals surface area contributed by atoms with E-state index in [0.717, 1.165) is 31.3 Å². The average Bonchev–Trinajstić information content (AvgIpc) is 3.05. The Bertz CT molecular complexity index is 272. The molecule has 4 heteroatoms. The van der Waals surface area contributed by atoms with Crippen LogP contribution >= 0.6 is 0 Å². The van der Waals surface area contributed by atoms with Gasteiger partial charge in [0.2, 0.25) is 5.91 Å². The lowest BCUT2D eigenvalue weighted by atomic mass is 9.95. The van der Waals surface area contributed by atoms with Crippen molar-refractivity contribution in [1.29, 1.82) is 0 Å². The van der Waals surface area contributed by atoms with Crippen molar-refractivity contribution in [2.24, 2.45) is 17.4 Å². The van der Waals surface area contributed by atoms with Gasteiger partial charge in [-0.05, 0) is 51.5 Å². The van der Waals surface area contributed by atoms with Gasteiger partial charge in [0.05, 0.1) is 5.54 Å². The van der Waals surface area contributed by atoms with Gasteiger partial charge >= 0.3 is 0 Å². The van der Waals surface area contributed by atoms with Crippen LogP contribution in [0.25, 0.3) is 0 Å². The monoisotopic (exact) mass is 255 g/mol. The quantitative estimate of drug-likeness (QED) is 0.613. The number of nitrogens with two attached hydrogens (primary N) is 2. The minimum Gasteiger partial charge on any atom is -0.368 e. The third-order valence-electron chi connectivity index (χ3n) is 3.62. The molecule has 18 heavy (non-hydrogen) atoms. The number of carbonyl (C=O) groups excluding carboxylic acids is 1. The fourth-order valence-corrected chi connectivity index (χ4v) is 2.26. The normalized spacial score (nSPS) is 19.2. The van der Waals surface area contributed by atoms with Gasteiger partial charge in [0.25, 0.3) is 0 Å². The van der Waals surface area contributed by atoms with Crippen LogP contribution in [0.4, 0.5) is 0 Å². The highest BCUT2D eigenvalue weighted by Gasteiger charge is 2.29. The van der Waals surface area contributed by atoms with E-state index in [2.05, 4.69) is 18.7 Å². The van der Waals surface area contributed by atoms with Crippen LogP contribution in [0, 0.1) is 5.92 Å². The lowest BCUT2D eigenvalue weighted by Gasteiger charge is -2.25. The van der Waals surface area contributed by atoms with Crippen LogP contribution in [-0.2, 0) is 4.79 Å². The Morgan fingerprint density at radius 2 is 2.00 bits per heavy atom. The van der Waals surface area contributed by atoms with Crippen LogP contribution < -0.4 is 11.5 Å². The predicted molar refractivity (Wildman–Crippen MR) is 75.1 cm³/mol. The summed E-state index contributed by atoms with van der Waals surface area (Å²) in [6, 6.07) is 0.813. The smallest absolute Gasteiger partial charge is 0.237 e. The van der Waals surface area contributed by atoms with E-state index in [1.807, 2.05) is 0 Å². The fraction of sp³-hybridized carbons (Fsp3) is 0.929. The van der Waals surface area contributed by atoms with Crippen molar-refractivity contribution in [3.63, 3.8) is 0 Å². The molecule has 0 aromatic carbocycles. The number of nitrogens with zero attached hydrogens (tertiary/aromatic N) is 1. The van der Waals surface area contributed by atoms with E-state index >= 15 is 0 Å². The molecule has 4 nitrogen and oxygen atoms in total. The topological polar surface area (TPSA) is 72.3 Å². The first-order chi connectivity index (χ1) is 8.33. The number of rotatable bonds is 9. The molecular formula is C14H29N3O. The Morgan fingerprint density at radius 1 is 1.39 bits per heavy atom. The van der Waals surface area contributed by atoms with E-state index in [-0.39, 0.29) is 0 Å². The Kier molecular flexibility index (Phi) is 5.60. The number of unbranched alkanes of at least 4 members (excludes halogenated alkanes) is 1. The molecule has 1 aliphatic carbocycles. The van der Waals surface area contributed by atoms with Crippen LogP contribution in [0.3, 0.4) is 0 Å². The van der Waals surface area contributed by atoms with Gasteiger partial charge in [-0.1, -0.05) is 13.8 Å². The summed E-state index contributed by atoms with van der Waals surface area (Å²) < 4.78 is 0. The molecule has 0 aromatic heterocycles. The number of hydrogen-bond acceptors (Lipinski definition) is 3. The highest BCUT2D eigenvalue weighted by atomic mass is 16.1. The maximum atomic E-state index is 11.1. The molecule has 1 aliphatic rings. The maximum Gasteiger partial charge on any atom is 0.237 e. The first-order valence-corrected chi connectivity index (χ1v) is 7.16. The molecule has 1 atom stereocenters. The fourth-order valence-electron chi connectivity index (χ4n) is 2.26. The van der Waals surface area contributed by atoms with Crippen molar-refractivity contribution in [3.8, 4) is 0 Å². The van der Waals surface area contributed by atoms with Gasteiger partial charge in [-0.15, -0.1) is 0 Å². The summed E-state index contributed by atoms with van der Waals surface area (Å²) in [7, 11) is 0. The summed E-state index contributed by atoms with van der Waals surface area (Å²) in [5.74, 6) is 0.319. The summed E-state index contributed by atoms with van der Waals surface area (Å²) in [4.78, 5) is 13.7. The van der Waals surface area contributed by atoms with E-state index < -0.39 is 11.4 Å². The number of carbonyl (C=O) groups is 1. The SMILES string of the molecule is CC(C)CN(CCCCC(C)(N)C(N)=O)C1CC1. The van der Waals surface area contributed by atoms with E-state index in [9.17, 15) is 4.79 Å². The van der Waals surface area contributed by atoms with Crippen molar-refractivity contribution in [2.45, 2.75) is 64.5 Å². The maximum absolute atomic E-state index is 11.1. The summed E-state index contributed by atoms with van der Waals surface area (Å²) in [6.45, 7) is 8.55. The van der Waals surface area contributed by atoms with Gasteiger partial charge in [0, 0.05) is 12.6 Å². The van der Waals surface area contributed by atoms with Crippen LogP contribution in [0.1, 0.15) is 52.9 Å². The predicted octanol–water partition coefficient (Wildman–Crippen LogP) is 1.48. The van der Waals surface area contributed by atoms with Crippen molar-refractivity contribution in [1.82, 2.24) is 4.90 Å². The highest BCUT2D eigenvalue weighted by molar-refractivity contribution is 5.83. The van der Waals surface area contributed by atoms with Crippen molar-refractivity contribution >= 4 is 5.91 Å². The van der Waals surface area contributed by atoms with E-state index in [1.54, 1.807) is 6.92 Å². The Morgan fingerprint density at radius 3 is 2.44 bits per heavy atom. The van der Waals surface area contributed by atoms with Gasteiger partial charge in [-0.2, -0.15) is 0 Å². The van der Waals surface area contributed by atoms with E-state index in [1.165, 1.54) is 19.4 Å². The lowest BCUT2D eigenvalue weighted by molar-refractivity contribution is -0.122. The molecule has 4 N–H and O–H groups in total. The molecule has 1 amide bonds. The highest BCUT2D eigenvalue weighted by Crippen LogP contribution is 2.28. The lowest BCUT2D eigenvalue weighted by Crippen LogP contribution is -2.49. The standard InChI is InChI=1S/C14H29N3O/c1-11(2)10-17(12-6-7-12)9-5-4-8-14(3,16)13(15)18/h11-12H,4-10,16H2,1-3H3,(H2,15,18). The molecular weight excluding hydrogens is 226 g/mol. The second-order valence-electron chi connectivity index (χ2n) is 6.36. The molecule has 0 radical (unpaired) electrons. The third-order valence-corrected chi connectivity index (χ3v) is 3.62. The minimum atomic E-state index is -0.845. The molecule has 0 bridgehead atoms. The Labute approximate surface area is 111 Å². The number of amides is 1. The summed E-state index contributed by atoms with van der Waals surface area (Å²) in [5, 5.41) is 0.